The Bertz CT molecular complexity index is 276. The number of hydrogen-bond acceptors (Lipinski definition) is 3. The molecule has 0 aromatic rings. The van der Waals surface area contributed by atoms with Crippen LogP contribution in [0, 0.1) is 0 Å². The van der Waals surface area contributed by atoms with E-state index in [0.29, 0.717) is 0 Å². The summed E-state index contributed by atoms with van der Waals surface area (Å²) in [5.74, 6) is -0.728. The first kappa shape index (κ1) is 21.1. The van der Waals surface area contributed by atoms with Crippen molar-refractivity contribution in [2.75, 3.05) is 0 Å². The molecule has 0 amide bonds. The van der Waals surface area contributed by atoms with Crippen LogP contribution in [0.3, 0.4) is 0 Å². The highest BCUT2D eigenvalue weighted by Gasteiger charge is 2.04. The summed E-state index contributed by atoms with van der Waals surface area (Å²) in [7, 11) is 0. The van der Waals surface area contributed by atoms with Crippen LogP contribution < -0.4 is 0 Å². The van der Waals surface area contributed by atoms with Crippen molar-refractivity contribution in [1.82, 2.24) is 0 Å². The SMILES string of the molecule is CCCCCCCC/C=C\[C@@H](CCCCCCC(=O)O)OO. The third-order valence-electron chi connectivity index (χ3n) is 3.84. The lowest BCUT2D eigenvalue weighted by Crippen LogP contribution is -2.06. The second kappa shape index (κ2) is 16.5. The standard InChI is InChI=1S/C18H34O4/c1-2-3-4-5-6-7-8-11-14-17(22-21)15-12-9-10-13-16-18(19)20/h11,14,17,21H,2-10,12-13,15-16H2,1H3,(H,19,20)/b14-11-/t17-/m0/s1. The molecule has 0 aliphatic carbocycles. The van der Waals surface area contributed by atoms with Gasteiger partial charge in [0.2, 0.25) is 0 Å². The maximum absolute atomic E-state index is 10.4. The molecule has 0 saturated carbocycles. The van der Waals surface area contributed by atoms with Crippen LogP contribution in [0.1, 0.15) is 90.4 Å². The van der Waals surface area contributed by atoms with Crippen LogP contribution >= 0.6 is 0 Å². The molecule has 22 heavy (non-hydrogen) atoms. The normalized spacial score (nSPS) is 12.8. The molecule has 2 N–H and O–H groups in total. The van der Waals surface area contributed by atoms with Gasteiger partial charge in [0.15, 0.2) is 0 Å². The number of hydrogen-bond donors (Lipinski definition) is 2. The fourth-order valence-corrected chi connectivity index (χ4v) is 2.45. The number of unbranched alkanes of at least 4 members (excludes halogenated alkanes) is 9. The van der Waals surface area contributed by atoms with E-state index in [1.807, 2.05) is 6.08 Å². The molecule has 0 bridgehead atoms. The molecule has 0 heterocycles. The molecule has 4 nitrogen and oxygen atoms in total. The van der Waals surface area contributed by atoms with Crippen molar-refractivity contribution in [2.24, 2.45) is 0 Å². The van der Waals surface area contributed by atoms with Crippen LogP contribution in [0.4, 0.5) is 0 Å². The van der Waals surface area contributed by atoms with Crippen LogP contribution in [-0.4, -0.2) is 22.4 Å². The van der Waals surface area contributed by atoms with Gasteiger partial charge in [0.05, 0.1) is 0 Å². The molecule has 0 aliphatic heterocycles. The average Bonchev–Trinajstić information content (AvgIpc) is 2.50. The second-order valence-electron chi connectivity index (χ2n) is 5.98. The van der Waals surface area contributed by atoms with E-state index in [9.17, 15) is 4.79 Å². The fourth-order valence-electron chi connectivity index (χ4n) is 2.45. The molecule has 0 spiro atoms. The van der Waals surface area contributed by atoms with Crippen LogP contribution in [-0.2, 0) is 9.68 Å². The molecular formula is C18H34O4. The van der Waals surface area contributed by atoms with Gasteiger partial charge >= 0.3 is 5.97 Å². The summed E-state index contributed by atoms with van der Waals surface area (Å²) in [4.78, 5) is 14.8. The summed E-state index contributed by atoms with van der Waals surface area (Å²) in [6.45, 7) is 2.23. The lowest BCUT2D eigenvalue weighted by Gasteiger charge is -2.08. The molecule has 0 fully saturated rings. The van der Waals surface area contributed by atoms with Gasteiger partial charge in [-0.3, -0.25) is 10.1 Å². The third-order valence-corrected chi connectivity index (χ3v) is 3.84. The van der Waals surface area contributed by atoms with Crippen LogP contribution in [0.25, 0.3) is 0 Å². The predicted molar refractivity (Wildman–Crippen MR) is 90.0 cm³/mol. The van der Waals surface area contributed by atoms with Gasteiger partial charge in [0.1, 0.15) is 6.10 Å². The highest BCUT2D eigenvalue weighted by atomic mass is 17.1. The first-order valence-electron chi connectivity index (χ1n) is 8.89. The molecule has 1 atom stereocenters. The molecule has 0 aliphatic rings. The monoisotopic (exact) mass is 314 g/mol. The summed E-state index contributed by atoms with van der Waals surface area (Å²) in [5, 5.41) is 17.4. The second-order valence-corrected chi connectivity index (χ2v) is 5.98. The molecule has 0 unspecified atom stereocenters. The summed E-state index contributed by atoms with van der Waals surface area (Å²) >= 11 is 0. The Hall–Kier alpha value is -0.870. The van der Waals surface area contributed by atoms with Gasteiger partial charge in [-0.05, 0) is 25.7 Å². The minimum Gasteiger partial charge on any atom is -0.481 e. The van der Waals surface area contributed by atoms with Gasteiger partial charge in [0.25, 0.3) is 0 Å². The lowest BCUT2D eigenvalue weighted by molar-refractivity contribution is -0.267. The number of carboxylic acid groups (broad SMARTS) is 1. The highest BCUT2D eigenvalue weighted by Crippen LogP contribution is 2.11. The number of allylic oxidation sites excluding steroid dienone is 1. The van der Waals surface area contributed by atoms with E-state index in [1.165, 1.54) is 38.5 Å². The smallest absolute Gasteiger partial charge is 0.303 e. The lowest BCUT2D eigenvalue weighted by atomic mass is 10.1. The zero-order chi connectivity index (χ0) is 16.5. The topological polar surface area (TPSA) is 66.8 Å². The Balaban J connectivity index is 3.48. The number of carbonyl (C=O) groups is 1. The highest BCUT2D eigenvalue weighted by molar-refractivity contribution is 5.66. The number of aliphatic carboxylic acids is 1. The Kier molecular flexibility index (Phi) is 15.8. The van der Waals surface area contributed by atoms with Crippen molar-refractivity contribution < 1.29 is 20.0 Å². The predicted octanol–water partition coefficient (Wildman–Crippen LogP) is 5.58. The largest absolute Gasteiger partial charge is 0.481 e. The van der Waals surface area contributed by atoms with Crippen LogP contribution in [0.2, 0.25) is 0 Å². The summed E-state index contributed by atoms with van der Waals surface area (Å²) in [6, 6.07) is 0. The minimum atomic E-state index is -0.728. The summed E-state index contributed by atoms with van der Waals surface area (Å²) < 4.78 is 0. The first-order valence-corrected chi connectivity index (χ1v) is 8.89. The van der Waals surface area contributed by atoms with E-state index in [4.69, 9.17) is 10.4 Å². The average molecular weight is 314 g/mol. The van der Waals surface area contributed by atoms with E-state index >= 15 is 0 Å². The summed E-state index contributed by atoms with van der Waals surface area (Å²) in [5.41, 5.74) is 0. The van der Waals surface area contributed by atoms with Crippen molar-refractivity contribution >= 4 is 5.97 Å². The first-order chi connectivity index (χ1) is 10.7. The van der Waals surface area contributed by atoms with E-state index in [2.05, 4.69) is 17.9 Å². The maximum Gasteiger partial charge on any atom is 0.303 e. The molecule has 0 aromatic carbocycles. The van der Waals surface area contributed by atoms with Crippen molar-refractivity contribution in [3.8, 4) is 0 Å². The van der Waals surface area contributed by atoms with E-state index in [1.54, 1.807) is 0 Å². The van der Waals surface area contributed by atoms with E-state index in [0.717, 1.165) is 38.5 Å². The van der Waals surface area contributed by atoms with Crippen molar-refractivity contribution in [3.63, 3.8) is 0 Å². The van der Waals surface area contributed by atoms with Gasteiger partial charge in [-0.25, -0.2) is 4.89 Å². The number of carboxylic acids is 1. The Labute approximate surface area is 135 Å². The van der Waals surface area contributed by atoms with Crippen LogP contribution in [0.5, 0.6) is 0 Å². The minimum absolute atomic E-state index is 0.223. The van der Waals surface area contributed by atoms with Gasteiger partial charge in [0, 0.05) is 6.42 Å². The Morgan fingerprint density at radius 3 is 2.32 bits per heavy atom. The van der Waals surface area contributed by atoms with Gasteiger partial charge in [-0.15, -0.1) is 0 Å². The van der Waals surface area contributed by atoms with Crippen molar-refractivity contribution in [3.05, 3.63) is 12.2 Å². The zero-order valence-corrected chi connectivity index (χ0v) is 14.1. The summed E-state index contributed by atoms with van der Waals surface area (Å²) in [6.07, 6.45) is 17.3. The molecule has 0 saturated heterocycles. The Morgan fingerprint density at radius 2 is 1.64 bits per heavy atom. The molecule has 4 heteroatoms. The quantitative estimate of drug-likeness (QED) is 0.169. The van der Waals surface area contributed by atoms with Crippen molar-refractivity contribution in [2.45, 2.75) is 96.5 Å². The van der Waals surface area contributed by atoms with Crippen LogP contribution in [0.15, 0.2) is 12.2 Å². The zero-order valence-electron chi connectivity index (χ0n) is 14.1. The molecule has 130 valence electrons. The third kappa shape index (κ3) is 15.5. The van der Waals surface area contributed by atoms with E-state index in [-0.39, 0.29) is 12.5 Å². The van der Waals surface area contributed by atoms with Gasteiger partial charge in [-0.1, -0.05) is 70.4 Å². The van der Waals surface area contributed by atoms with E-state index < -0.39 is 5.97 Å². The Morgan fingerprint density at radius 1 is 1.00 bits per heavy atom. The molecule has 0 radical (unpaired) electrons. The number of rotatable bonds is 16. The molecule has 0 rings (SSSR count). The molecule has 0 aromatic heterocycles. The van der Waals surface area contributed by atoms with Gasteiger partial charge < -0.3 is 5.11 Å². The molecular weight excluding hydrogens is 280 g/mol. The van der Waals surface area contributed by atoms with Gasteiger partial charge in [-0.2, -0.15) is 0 Å². The maximum atomic E-state index is 10.4. The van der Waals surface area contributed by atoms with Crippen molar-refractivity contribution in [1.29, 1.82) is 0 Å². The fraction of sp³-hybridized carbons (Fsp3) is 0.833.